The van der Waals surface area contributed by atoms with Crippen LogP contribution in [0.3, 0.4) is 0 Å². The normalized spacial score (nSPS) is 23.7. The predicted octanol–water partition coefficient (Wildman–Crippen LogP) is 1.35. The molecule has 0 bridgehead atoms. The zero-order chi connectivity index (χ0) is 13.8. The molecule has 1 amide bonds. The first-order chi connectivity index (χ1) is 8.39. The van der Waals surface area contributed by atoms with E-state index in [0.29, 0.717) is 5.92 Å². The predicted molar refractivity (Wildman–Crippen MR) is 75.3 cm³/mol. The minimum absolute atomic E-state index is 0.0508. The van der Waals surface area contributed by atoms with Crippen LogP contribution in [0.1, 0.15) is 47.0 Å². The molecule has 2 atom stereocenters. The van der Waals surface area contributed by atoms with Crippen LogP contribution in [0, 0.1) is 5.92 Å². The maximum atomic E-state index is 12.2. The molecule has 4 nitrogen and oxygen atoms in total. The summed E-state index contributed by atoms with van der Waals surface area (Å²) in [5.74, 6) is 0.688. The van der Waals surface area contributed by atoms with Crippen LogP contribution in [-0.4, -0.2) is 42.0 Å². The second kappa shape index (κ2) is 6.53. The summed E-state index contributed by atoms with van der Waals surface area (Å²) >= 11 is 0. The molecule has 0 radical (unpaired) electrons. The molecule has 1 heterocycles. The van der Waals surface area contributed by atoms with Gasteiger partial charge in [-0.3, -0.25) is 9.69 Å². The van der Waals surface area contributed by atoms with Gasteiger partial charge in [-0.15, -0.1) is 0 Å². The van der Waals surface area contributed by atoms with Gasteiger partial charge >= 0.3 is 0 Å². The van der Waals surface area contributed by atoms with Crippen molar-refractivity contribution in [2.75, 3.05) is 19.6 Å². The molecule has 4 heteroatoms. The van der Waals surface area contributed by atoms with E-state index >= 15 is 0 Å². The Morgan fingerprint density at radius 2 is 2.22 bits per heavy atom. The number of carbonyl (C=O) groups excluding carboxylic acids is 1. The minimum atomic E-state index is -0.117. The van der Waals surface area contributed by atoms with Gasteiger partial charge in [0, 0.05) is 12.1 Å². The fourth-order valence-corrected chi connectivity index (χ4v) is 2.33. The first-order valence-corrected chi connectivity index (χ1v) is 7.15. The van der Waals surface area contributed by atoms with E-state index in [2.05, 4.69) is 31.0 Å². The van der Waals surface area contributed by atoms with Gasteiger partial charge in [-0.05, 0) is 59.0 Å². The molecule has 1 fully saturated rings. The lowest BCUT2D eigenvalue weighted by Gasteiger charge is -2.37. The van der Waals surface area contributed by atoms with Crippen LogP contribution in [0.15, 0.2) is 0 Å². The highest BCUT2D eigenvalue weighted by molar-refractivity contribution is 5.82. The molecule has 0 aromatic carbocycles. The van der Waals surface area contributed by atoms with Crippen LogP contribution in [0.2, 0.25) is 0 Å². The molecule has 1 aliphatic heterocycles. The fourth-order valence-electron chi connectivity index (χ4n) is 2.33. The first kappa shape index (κ1) is 15.4. The Bertz CT molecular complexity index is 278. The second-order valence-corrected chi connectivity index (χ2v) is 6.14. The van der Waals surface area contributed by atoms with E-state index in [1.54, 1.807) is 0 Å². The summed E-state index contributed by atoms with van der Waals surface area (Å²) < 4.78 is 0. The quantitative estimate of drug-likeness (QED) is 0.779. The van der Waals surface area contributed by atoms with Gasteiger partial charge in [0.1, 0.15) is 0 Å². The van der Waals surface area contributed by atoms with Crippen molar-refractivity contribution in [2.24, 2.45) is 11.7 Å². The number of nitrogens with two attached hydrogens (primary N) is 1. The number of piperidine rings is 1. The van der Waals surface area contributed by atoms with Crippen LogP contribution < -0.4 is 11.1 Å². The van der Waals surface area contributed by atoms with Gasteiger partial charge in [0.2, 0.25) is 5.91 Å². The van der Waals surface area contributed by atoms with E-state index in [-0.39, 0.29) is 17.5 Å². The molecule has 0 saturated carbocycles. The van der Waals surface area contributed by atoms with E-state index < -0.39 is 0 Å². The van der Waals surface area contributed by atoms with Crippen LogP contribution in [0.5, 0.6) is 0 Å². The van der Waals surface area contributed by atoms with Crippen molar-refractivity contribution in [1.29, 1.82) is 0 Å². The average Bonchev–Trinajstić information content (AvgIpc) is 2.37. The number of rotatable bonds is 5. The van der Waals surface area contributed by atoms with E-state index in [4.69, 9.17) is 5.73 Å². The highest BCUT2D eigenvalue weighted by atomic mass is 16.2. The molecule has 1 rings (SSSR count). The molecule has 0 aromatic heterocycles. The smallest absolute Gasteiger partial charge is 0.237 e. The van der Waals surface area contributed by atoms with E-state index in [9.17, 15) is 4.79 Å². The number of likely N-dealkylation sites (tertiary alicyclic amines) is 1. The Balaban J connectivity index is 2.52. The van der Waals surface area contributed by atoms with Crippen molar-refractivity contribution in [3.05, 3.63) is 0 Å². The lowest BCUT2D eigenvalue weighted by atomic mass is 9.96. The van der Waals surface area contributed by atoms with Gasteiger partial charge in [-0.2, -0.15) is 0 Å². The first-order valence-electron chi connectivity index (χ1n) is 7.15. The molecule has 3 N–H and O–H groups in total. The summed E-state index contributed by atoms with van der Waals surface area (Å²) in [7, 11) is 0. The lowest BCUT2D eigenvalue weighted by molar-refractivity contribution is -0.128. The van der Waals surface area contributed by atoms with Crippen LogP contribution in [-0.2, 0) is 4.79 Å². The molecule has 0 aromatic rings. The molecule has 18 heavy (non-hydrogen) atoms. The summed E-state index contributed by atoms with van der Waals surface area (Å²) in [5.41, 5.74) is 5.62. The van der Waals surface area contributed by atoms with Crippen molar-refractivity contribution in [3.63, 3.8) is 0 Å². The zero-order valence-electron chi connectivity index (χ0n) is 12.3. The summed E-state index contributed by atoms with van der Waals surface area (Å²) in [6.45, 7) is 10.9. The van der Waals surface area contributed by atoms with Gasteiger partial charge in [-0.25, -0.2) is 0 Å². The maximum absolute atomic E-state index is 12.2. The van der Waals surface area contributed by atoms with Crippen LogP contribution in [0.25, 0.3) is 0 Å². The minimum Gasteiger partial charge on any atom is -0.350 e. The number of nitrogens with one attached hydrogen (secondary N) is 1. The third kappa shape index (κ3) is 4.25. The molecular formula is C14H29N3O. The molecule has 0 aliphatic carbocycles. The SMILES string of the molecule is CCC(C)(C)NC(=O)C(C)N1CCCC(CN)C1. The van der Waals surface area contributed by atoms with Crippen LogP contribution in [0.4, 0.5) is 0 Å². The Morgan fingerprint density at radius 3 is 2.78 bits per heavy atom. The topological polar surface area (TPSA) is 58.4 Å². The van der Waals surface area contributed by atoms with Gasteiger partial charge in [-0.1, -0.05) is 6.92 Å². The molecule has 0 spiro atoms. The highest BCUT2D eigenvalue weighted by Gasteiger charge is 2.29. The van der Waals surface area contributed by atoms with Gasteiger partial charge in [0.05, 0.1) is 6.04 Å². The number of nitrogens with zero attached hydrogens (tertiary/aromatic N) is 1. The summed E-state index contributed by atoms with van der Waals surface area (Å²) in [6.07, 6.45) is 3.29. The molecule has 1 aliphatic rings. The van der Waals surface area contributed by atoms with Crippen molar-refractivity contribution >= 4 is 5.91 Å². The van der Waals surface area contributed by atoms with E-state index in [0.717, 1.165) is 32.5 Å². The maximum Gasteiger partial charge on any atom is 0.237 e. The van der Waals surface area contributed by atoms with Gasteiger partial charge in [0.15, 0.2) is 0 Å². The van der Waals surface area contributed by atoms with Gasteiger partial charge in [0.25, 0.3) is 0 Å². The third-order valence-electron chi connectivity index (χ3n) is 4.16. The summed E-state index contributed by atoms with van der Waals surface area (Å²) in [4.78, 5) is 14.5. The number of amides is 1. The molecule has 2 unspecified atom stereocenters. The Labute approximate surface area is 111 Å². The molecule has 106 valence electrons. The largest absolute Gasteiger partial charge is 0.350 e. The monoisotopic (exact) mass is 255 g/mol. The zero-order valence-corrected chi connectivity index (χ0v) is 12.3. The van der Waals surface area contributed by atoms with E-state index in [1.807, 2.05) is 6.92 Å². The third-order valence-corrected chi connectivity index (χ3v) is 4.16. The van der Waals surface area contributed by atoms with Crippen molar-refractivity contribution < 1.29 is 4.79 Å². The number of hydrogen-bond donors (Lipinski definition) is 2. The number of carbonyl (C=O) groups is 1. The van der Waals surface area contributed by atoms with Crippen molar-refractivity contribution in [2.45, 2.75) is 58.5 Å². The lowest BCUT2D eigenvalue weighted by Crippen LogP contribution is -2.54. The molecular weight excluding hydrogens is 226 g/mol. The second-order valence-electron chi connectivity index (χ2n) is 6.14. The fraction of sp³-hybridized carbons (Fsp3) is 0.929. The number of hydrogen-bond acceptors (Lipinski definition) is 3. The van der Waals surface area contributed by atoms with Crippen molar-refractivity contribution in [1.82, 2.24) is 10.2 Å². The Kier molecular flexibility index (Phi) is 5.60. The summed E-state index contributed by atoms with van der Waals surface area (Å²) in [6, 6.07) is -0.0508. The highest BCUT2D eigenvalue weighted by Crippen LogP contribution is 2.18. The standard InChI is InChI=1S/C14H29N3O/c1-5-14(3,4)16-13(18)11(2)17-8-6-7-12(9-15)10-17/h11-12H,5-10,15H2,1-4H3,(H,16,18). The molecule has 1 saturated heterocycles. The summed E-state index contributed by atoms with van der Waals surface area (Å²) in [5, 5.41) is 3.12. The Morgan fingerprint density at radius 1 is 1.56 bits per heavy atom. The van der Waals surface area contributed by atoms with Crippen LogP contribution >= 0.6 is 0 Å². The van der Waals surface area contributed by atoms with Crippen molar-refractivity contribution in [3.8, 4) is 0 Å². The average molecular weight is 255 g/mol. The Hall–Kier alpha value is -0.610. The van der Waals surface area contributed by atoms with Gasteiger partial charge < -0.3 is 11.1 Å². The van der Waals surface area contributed by atoms with E-state index in [1.165, 1.54) is 6.42 Å².